The molecule has 2 aromatic carbocycles. The molecular weight excluding hydrogens is 349 g/mol. The molecule has 142 valence electrons. The van der Waals surface area contributed by atoms with Gasteiger partial charge in [-0.15, -0.1) is 0 Å². The van der Waals surface area contributed by atoms with E-state index in [9.17, 15) is 14.0 Å². The Morgan fingerprint density at radius 3 is 2.33 bits per heavy atom. The summed E-state index contributed by atoms with van der Waals surface area (Å²) < 4.78 is 18.3. The maximum absolute atomic E-state index is 12.9. The van der Waals surface area contributed by atoms with Crippen LogP contribution in [-0.2, 0) is 4.79 Å². The van der Waals surface area contributed by atoms with Gasteiger partial charge in [0.05, 0.1) is 0 Å². The molecular formula is C20H22FN3O3. The van der Waals surface area contributed by atoms with Gasteiger partial charge in [-0.1, -0.05) is 18.2 Å². The Labute approximate surface area is 157 Å². The molecule has 2 aromatic rings. The second kappa shape index (κ2) is 9.02. The van der Waals surface area contributed by atoms with Gasteiger partial charge in [-0.25, -0.2) is 9.18 Å². The van der Waals surface area contributed by atoms with Crippen molar-refractivity contribution in [1.29, 1.82) is 0 Å². The summed E-state index contributed by atoms with van der Waals surface area (Å²) in [5.41, 5.74) is 0.743. The summed E-state index contributed by atoms with van der Waals surface area (Å²) in [6, 6.07) is 14.7. The summed E-state index contributed by atoms with van der Waals surface area (Å²) >= 11 is 0. The van der Waals surface area contributed by atoms with Crippen LogP contribution in [-0.4, -0.2) is 54.5 Å². The number of para-hydroxylation sites is 1. The van der Waals surface area contributed by atoms with E-state index in [1.807, 2.05) is 30.3 Å². The lowest BCUT2D eigenvalue weighted by atomic mass is 10.3. The first-order valence-corrected chi connectivity index (χ1v) is 8.89. The maximum atomic E-state index is 12.9. The van der Waals surface area contributed by atoms with E-state index in [4.69, 9.17) is 4.74 Å². The van der Waals surface area contributed by atoms with Crippen LogP contribution < -0.4 is 10.1 Å². The molecule has 1 aliphatic heterocycles. The molecule has 7 heteroatoms. The number of urea groups is 1. The molecule has 0 atom stereocenters. The summed E-state index contributed by atoms with van der Waals surface area (Å²) in [5.74, 6) is -0.0526. The Morgan fingerprint density at radius 2 is 1.59 bits per heavy atom. The van der Waals surface area contributed by atoms with Gasteiger partial charge in [-0.2, -0.15) is 0 Å². The van der Waals surface area contributed by atoms with Crippen LogP contribution in [0.25, 0.3) is 0 Å². The van der Waals surface area contributed by atoms with Crippen molar-refractivity contribution in [1.82, 2.24) is 9.80 Å². The normalized spacial score (nSPS) is 14.4. The molecule has 0 spiro atoms. The van der Waals surface area contributed by atoms with Crippen molar-refractivity contribution in [3.8, 4) is 5.75 Å². The van der Waals surface area contributed by atoms with Gasteiger partial charge in [-0.05, 0) is 42.8 Å². The number of anilines is 1. The van der Waals surface area contributed by atoms with Crippen LogP contribution in [0.3, 0.4) is 0 Å². The summed E-state index contributed by atoms with van der Waals surface area (Å²) in [7, 11) is 0. The Morgan fingerprint density at radius 1 is 0.926 bits per heavy atom. The van der Waals surface area contributed by atoms with Gasteiger partial charge in [-0.3, -0.25) is 4.79 Å². The predicted molar refractivity (Wildman–Crippen MR) is 100 cm³/mol. The molecule has 3 rings (SSSR count). The topological polar surface area (TPSA) is 61.9 Å². The molecule has 1 heterocycles. The molecule has 0 aromatic heterocycles. The lowest BCUT2D eigenvalue weighted by Crippen LogP contribution is -2.40. The first kappa shape index (κ1) is 18.7. The average Bonchev–Trinajstić information content (AvgIpc) is 2.94. The summed E-state index contributed by atoms with van der Waals surface area (Å²) in [5, 5.41) is 2.86. The van der Waals surface area contributed by atoms with Crippen LogP contribution >= 0.6 is 0 Å². The highest BCUT2D eigenvalue weighted by molar-refractivity contribution is 5.89. The number of carbonyl (C=O) groups excluding carboxylic acids is 2. The van der Waals surface area contributed by atoms with Crippen molar-refractivity contribution >= 4 is 17.6 Å². The van der Waals surface area contributed by atoms with E-state index in [1.54, 1.807) is 9.80 Å². The average molecular weight is 371 g/mol. The highest BCUT2D eigenvalue weighted by Crippen LogP contribution is 2.12. The molecule has 0 unspecified atom stereocenters. The van der Waals surface area contributed by atoms with Crippen LogP contribution in [0, 0.1) is 5.82 Å². The van der Waals surface area contributed by atoms with Gasteiger partial charge in [0.1, 0.15) is 11.6 Å². The Bertz CT molecular complexity index is 768. The van der Waals surface area contributed by atoms with Crippen molar-refractivity contribution in [3.05, 3.63) is 60.4 Å². The Kier molecular flexibility index (Phi) is 6.25. The molecule has 0 saturated carbocycles. The number of ether oxygens (including phenoxy) is 1. The fourth-order valence-electron chi connectivity index (χ4n) is 2.86. The lowest BCUT2D eigenvalue weighted by Gasteiger charge is -2.22. The number of nitrogens with zero attached hydrogens (tertiary/aromatic N) is 2. The zero-order valence-electron chi connectivity index (χ0n) is 14.9. The third kappa shape index (κ3) is 5.44. The summed E-state index contributed by atoms with van der Waals surface area (Å²) in [4.78, 5) is 28.2. The van der Waals surface area contributed by atoms with Gasteiger partial charge >= 0.3 is 6.03 Å². The molecule has 0 radical (unpaired) electrons. The second-order valence-electron chi connectivity index (χ2n) is 6.26. The fraction of sp³-hybridized carbons (Fsp3) is 0.300. The van der Waals surface area contributed by atoms with Crippen molar-refractivity contribution in [3.63, 3.8) is 0 Å². The zero-order valence-corrected chi connectivity index (χ0v) is 14.9. The number of benzene rings is 2. The van der Waals surface area contributed by atoms with E-state index in [2.05, 4.69) is 5.32 Å². The summed E-state index contributed by atoms with van der Waals surface area (Å²) in [6.07, 6.45) is 0.699. The van der Waals surface area contributed by atoms with E-state index in [0.717, 1.165) is 5.69 Å². The minimum absolute atomic E-state index is 0.109. The van der Waals surface area contributed by atoms with Gasteiger partial charge < -0.3 is 19.9 Å². The number of rotatable bonds is 4. The number of amides is 3. The molecule has 0 aliphatic carbocycles. The molecule has 27 heavy (non-hydrogen) atoms. The number of hydrogen-bond acceptors (Lipinski definition) is 3. The van der Waals surface area contributed by atoms with E-state index in [1.165, 1.54) is 24.3 Å². The van der Waals surface area contributed by atoms with E-state index in [-0.39, 0.29) is 24.4 Å². The fourth-order valence-corrected chi connectivity index (χ4v) is 2.86. The van der Waals surface area contributed by atoms with Gasteiger partial charge in [0, 0.05) is 31.9 Å². The molecule has 1 fully saturated rings. The highest BCUT2D eigenvalue weighted by atomic mass is 19.1. The number of hydrogen-bond donors (Lipinski definition) is 1. The van der Waals surface area contributed by atoms with Crippen LogP contribution in [0.2, 0.25) is 0 Å². The molecule has 0 bridgehead atoms. The number of halogens is 1. The summed E-state index contributed by atoms with van der Waals surface area (Å²) in [6.45, 7) is 1.96. The number of nitrogens with one attached hydrogen (secondary N) is 1. The minimum Gasteiger partial charge on any atom is -0.484 e. The smallest absolute Gasteiger partial charge is 0.321 e. The molecule has 1 saturated heterocycles. The van der Waals surface area contributed by atoms with Crippen molar-refractivity contribution < 1.29 is 18.7 Å². The van der Waals surface area contributed by atoms with Crippen LogP contribution in [0.15, 0.2) is 54.6 Å². The second-order valence-corrected chi connectivity index (χ2v) is 6.26. The van der Waals surface area contributed by atoms with Crippen LogP contribution in [0.4, 0.5) is 14.9 Å². The van der Waals surface area contributed by atoms with Crippen molar-refractivity contribution in [2.45, 2.75) is 6.42 Å². The first-order valence-electron chi connectivity index (χ1n) is 8.89. The third-order valence-electron chi connectivity index (χ3n) is 4.34. The Balaban J connectivity index is 1.47. The van der Waals surface area contributed by atoms with Gasteiger partial charge in [0.2, 0.25) is 0 Å². The van der Waals surface area contributed by atoms with Crippen LogP contribution in [0.5, 0.6) is 5.75 Å². The van der Waals surface area contributed by atoms with Crippen LogP contribution in [0.1, 0.15) is 6.42 Å². The first-order chi connectivity index (χ1) is 13.1. The maximum Gasteiger partial charge on any atom is 0.321 e. The number of carbonyl (C=O) groups is 2. The van der Waals surface area contributed by atoms with E-state index >= 15 is 0 Å². The molecule has 6 nitrogen and oxygen atoms in total. The zero-order chi connectivity index (χ0) is 19.1. The third-order valence-corrected chi connectivity index (χ3v) is 4.34. The minimum atomic E-state index is -0.352. The van der Waals surface area contributed by atoms with Crippen molar-refractivity contribution in [2.24, 2.45) is 0 Å². The molecule has 1 aliphatic rings. The SMILES string of the molecule is O=C(COc1ccc(F)cc1)N1CCCN(C(=O)Nc2ccccc2)CC1. The lowest BCUT2D eigenvalue weighted by molar-refractivity contribution is -0.133. The Hall–Kier alpha value is -3.09. The van der Waals surface area contributed by atoms with E-state index in [0.29, 0.717) is 38.3 Å². The monoisotopic (exact) mass is 371 g/mol. The van der Waals surface area contributed by atoms with Gasteiger partial charge in [0.15, 0.2) is 6.61 Å². The largest absolute Gasteiger partial charge is 0.484 e. The van der Waals surface area contributed by atoms with Crippen molar-refractivity contribution in [2.75, 3.05) is 38.1 Å². The predicted octanol–water partition coefficient (Wildman–Crippen LogP) is 2.97. The standard InChI is InChI=1S/C20H22FN3O3/c21-16-7-9-18(10-8-16)27-15-19(25)23-11-4-12-24(14-13-23)20(26)22-17-5-2-1-3-6-17/h1-3,5-10H,4,11-15H2,(H,22,26). The molecule has 1 N–H and O–H groups in total. The quantitative estimate of drug-likeness (QED) is 0.899. The van der Waals surface area contributed by atoms with E-state index < -0.39 is 0 Å². The highest BCUT2D eigenvalue weighted by Gasteiger charge is 2.22. The molecule has 3 amide bonds. The van der Waals surface area contributed by atoms with Gasteiger partial charge in [0.25, 0.3) is 5.91 Å².